The SMILES string of the molecule is C[C@H](Oc1ccc(OCc2ccccc2)cc1)C(=O)N/N=C\c1cc(Br)ccc1OC(=O)c1ccc(Cl)cc1. The molecule has 198 valence electrons. The summed E-state index contributed by atoms with van der Waals surface area (Å²) in [6.07, 6.45) is 0.571. The summed E-state index contributed by atoms with van der Waals surface area (Å²) in [5.41, 5.74) is 4.34. The molecule has 0 radical (unpaired) electrons. The van der Waals surface area contributed by atoms with E-state index in [1.807, 2.05) is 30.3 Å². The van der Waals surface area contributed by atoms with Crippen LogP contribution >= 0.6 is 27.5 Å². The molecule has 1 atom stereocenters. The van der Waals surface area contributed by atoms with Crippen molar-refractivity contribution in [1.29, 1.82) is 0 Å². The molecule has 0 spiro atoms. The molecular formula is C30H24BrClN2O5. The van der Waals surface area contributed by atoms with Crippen LogP contribution < -0.4 is 19.6 Å². The summed E-state index contributed by atoms with van der Waals surface area (Å²) >= 11 is 9.27. The fourth-order valence-electron chi connectivity index (χ4n) is 3.33. The van der Waals surface area contributed by atoms with Gasteiger partial charge < -0.3 is 14.2 Å². The first-order chi connectivity index (χ1) is 18.9. The molecule has 1 amide bonds. The van der Waals surface area contributed by atoms with Crippen LogP contribution in [0.5, 0.6) is 17.2 Å². The van der Waals surface area contributed by atoms with Crippen LogP contribution in [0, 0.1) is 0 Å². The van der Waals surface area contributed by atoms with Crippen LogP contribution in [0.2, 0.25) is 5.02 Å². The monoisotopic (exact) mass is 606 g/mol. The second kappa shape index (κ2) is 13.6. The van der Waals surface area contributed by atoms with Crippen LogP contribution in [0.25, 0.3) is 0 Å². The molecule has 0 unspecified atom stereocenters. The van der Waals surface area contributed by atoms with Crippen molar-refractivity contribution in [2.75, 3.05) is 0 Å². The van der Waals surface area contributed by atoms with Crippen molar-refractivity contribution < 1.29 is 23.8 Å². The van der Waals surface area contributed by atoms with E-state index in [9.17, 15) is 9.59 Å². The first-order valence-electron chi connectivity index (χ1n) is 11.9. The number of rotatable bonds is 10. The highest BCUT2D eigenvalue weighted by Crippen LogP contribution is 2.23. The summed E-state index contributed by atoms with van der Waals surface area (Å²) in [6.45, 7) is 2.07. The van der Waals surface area contributed by atoms with Crippen molar-refractivity contribution in [1.82, 2.24) is 5.43 Å². The lowest BCUT2D eigenvalue weighted by Crippen LogP contribution is -2.33. The number of halogens is 2. The Bertz CT molecular complexity index is 1440. The van der Waals surface area contributed by atoms with E-state index in [4.69, 9.17) is 25.8 Å². The molecule has 4 aromatic rings. The minimum Gasteiger partial charge on any atom is -0.489 e. The molecule has 0 saturated carbocycles. The summed E-state index contributed by atoms with van der Waals surface area (Å²) in [5.74, 6) is 0.470. The normalized spacial score (nSPS) is 11.6. The van der Waals surface area contributed by atoms with Crippen LogP contribution in [0.4, 0.5) is 0 Å². The molecule has 0 bridgehead atoms. The first kappa shape index (κ1) is 27.9. The second-order valence-electron chi connectivity index (χ2n) is 8.32. The standard InChI is InChI=1S/C30H24BrClN2O5/c1-20(38-27-14-12-26(13-15-27)37-19-21-5-3-2-4-6-21)29(35)34-33-18-23-17-24(31)9-16-28(23)39-30(36)22-7-10-25(32)11-8-22/h2-18,20H,19H2,1H3,(H,34,35)/b33-18-/t20-/m0/s1. The van der Waals surface area contributed by atoms with E-state index in [0.29, 0.717) is 34.3 Å². The molecule has 39 heavy (non-hydrogen) atoms. The molecule has 0 saturated heterocycles. The van der Waals surface area contributed by atoms with Gasteiger partial charge in [0.15, 0.2) is 6.10 Å². The lowest BCUT2D eigenvalue weighted by molar-refractivity contribution is -0.127. The van der Waals surface area contributed by atoms with E-state index in [-0.39, 0.29) is 5.75 Å². The molecule has 7 nitrogen and oxygen atoms in total. The number of hydrogen-bond donors (Lipinski definition) is 1. The van der Waals surface area contributed by atoms with Crippen molar-refractivity contribution in [2.24, 2.45) is 5.10 Å². The van der Waals surface area contributed by atoms with E-state index < -0.39 is 18.0 Å². The smallest absolute Gasteiger partial charge is 0.343 e. The Labute approximate surface area is 239 Å². The zero-order valence-corrected chi connectivity index (χ0v) is 23.2. The third-order valence-electron chi connectivity index (χ3n) is 5.39. The molecule has 0 heterocycles. The Morgan fingerprint density at radius 1 is 0.949 bits per heavy atom. The van der Waals surface area contributed by atoms with Crippen molar-refractivity contribution >= 4 is 45.6 Å². The number of amides is 1. The predicted molar refractivity (Wildman–Crippen MR) is 154 cm³/mol. The zero-order chi connectivity index (χ0) is 27.6. The highest BCUT2D eigenvalue weighted by Gasteiger charge is 2.15. The van der Waals surface area contributed by atoms with E-state index in [1.54, 1.807) is 73.7 Å². The second-order valence-corrected chi connectivity index (χ2v) is 9.67. The number of nitrogens with one attached hydrogen (secondary N) is 1. The summed E-state index contributed by atoms with van der Waals surface area (Å²) in [5, 5.41) is 4.53. The van der Waals surface area contributed by atoms with Crippen LogP contribution in [0.3, 0.4) is 0 Å². The van der Waals surface area contributed by atoms with E-state index in [0.717, 1.165) is 10.0 Å². The molecule has 0 aliphatic rings. The van der Waals surface area contributed by atoms with Crippen LogP contribution in [-0.2, 0) is 11.4 Å². The van der Waals surface area contributed by atoms with E-state index >= 15 is 0 Å². The highest BCUT2D eigenvalue weighted by molar-refractivity contribution is 9.10. The summed E-state index contributed by atoms with van der Waals surface area (Å²) < 4.78 is 17.8. The Kier molecular flexibility index (Phi) is 9.72. The first-order valence-corrected chi connectivity index (χ1v) is 13.1. The predicted octanol–water partition coefficient (Wildman–Crippen LogP) is 6.82. The Balaban J connectivity index is 1.31. The van der Waals surface area contributed by atoms with Gasteiger partial charge in [0.25, 0.3) is 5.91 Å². The summed E-state index contributed by atoms with van der Waals surface area (Å²) in [6, 6.07) is 28.3. The molecule has 0 aliphatic carbocycles. The van der Waals surface area contributed by atoms with Crippen molar-refractivity contribution in [3.8, 4) is 17.2 Å². The molecule has 0 aliphatic heterocycles. The zero-order valence-electron chi connectivity index (χ0n) is 20.8. The number of nitrogens with zero attached hydrogens (tertiary/aromatic N) is 1. The van der Waals surface area contributed by atoms with Crippen LogP contribution in [-0.4, -0.2) is 24.2 Å². The average Bonchev–Trinajstić information content (AvgIpc) is 2.95. The fraction of sp³-hybridized carbons (Fsp3) is 0.100. The maximum atomic E-state index is 12.5. The lowest BCUT2D eigenvalue weighted by atomic mass is 10.2. The highest BCUT2D eigenvalue weighted by atomic mass is 79.9. The van der Waals surface area contributed by atoms with Gasteiger partial charge in [-0.3, -0.25) is 4.79 Å². The minimum atomic E-state index is -0.817. The largest absolute Gasteiger partial charge is 0.489 e. The molecule has 0 aromatic heterocycles. The van der Waals surface area contributed by atoms with Gasteiger partial charge in [0.05, 0.1) is 11.8 Å². The molecule has 0 fully saturated rings. The quantitative estimate of drug-likeness (QED) is 0.0926. The number of carbonyl (C=O) groups excluding carboxylic acids is 2. The van der Waals surface area contributed by atoms with Gasteiger partial charge in [0, 0.05) is 15.1 Å². The van der Waals surface area contributed by atoms with Crippen LogP contribution in [0.1, 0.15) is 28.4 Å². The molecule has 9 heteroatoms. The Morgan fingerprint density at radius 2 is 1.64 bits per heavy atom. The van der Waals surface area contributed by atoms with Gasteiger partial charge in [-0.2, -0.15) is 5.10 Å². The van der Waals surface area contributed by atoms with Gasteiger partial charge in [0.2, 0.25) is 0 Å². The van der Waals surface area contributed by atoms with Crippen molar-refractivity contribution in [3.63, 3.8) is 0 Å². The molecule has 1 N–H and O–H groups in total. The topological polar surface area (TPSA) is 86.2 Å². The molecule has 4 rings (SSSR count). The maximum Gasteiger partial charge on any atom is 0.343 e. The van der Waals surface area contributed by atoms with Gasteiger partial charge in [-0.25, -0.2) is 10.2 Å². The third-order valence-corrected chi connectivity index (χ3v) is 6.13. The van der Waals surface area contributed by atoms with Gasteiger partial charge in [-0.05, 0) is 79.2 Å². The summed E-state index contributed by atoms with van der Waals surface area (Å²) in [7, 11) is 0. The van der Waals surface area contributed by atoms with Crippen molar-refractivity contribution in [3.05, 3.63) is 123 Å². The maximum absolute atomic E-state index is 12.5. The third kappa shape index (κ3) is 8.43. The molecule has 4 aromatic carbocycles. The van der Waals surface area contributed by atoms with Gasteiger partial charge in [0.1, 0.15) is 23.9 Å². The van der Waals surface area contributed by atoms with Gasteiger partial charge >= 0.3 is 5.97 Å². The number of hydrazone groups is 1. The Hall–Kier alpha value is -4.14. The van der Waals surface area contributed by atoms with E-state index in [1.165, 1.54) is 6.21 Å². The summed E-state index contributed by atoms with van der Waals surface area (Å²) in [4.78, 5) is 25.0. The lowest BCUT2D eigenvalue weighted by Gasteiger charge is -2.13. The Morgan fingerprint density at radius 3 is 2.36 bits per heavy atom. The number of carbonyl (C=O) groups is 2. The van der Waals surface area contributed by atoms with E-state index in [2.05, 4.69) is 26.5 Å². The number of benzene rings is 4. The fourth-order valence-corrected chi connectivity index (χ4v) is 3.83. The number of ether oxygens (including phenoxy) is 3. The minimum absolute atomic E-state index is 0.273. The number of esters is 1. The van der Waals surface area contributed by atoms with Gasteiger partial charge in [-0.1, -0.05) is 57.9 Å². The van der Waals surface area contributed by atoms with Crippen molar-refractivity contribution in [2.45, 2.75) is 19.6 Å². The average molecular weight is 608 g/mol. The van der Waals surface area contributed by atoms with Crippen LogP contribution in [0.15, 0.2) is 107 Å². The number of hydrogen-bond acceptors (Lipinski definition) is 6. The molecular weight excluding hydrogens is 584 g/mol. The van der Waals surface area contributed by atoms with Gasteiger partial charge in [-0.15, -0.1) is 0 Å².